The highest BCUT2D eigenvalue weighted by Gasteiger charge is 2.11. The van der Waals surface area contributed by atoms with Crippen molar-refractivity contribution in [3.63, 3.8) is 0 Å². The van der Waals surface area contributed by atoms with Crippen LogP contribution >= 0.6 is 0 Å². The Morgan fingerprint density at radius 1 is 1.32 bits per heavy atom. The fraction of sp³-hybridized carbons (Fsp3) is 0.312. The monoisotopic (exact) mass is 301 g/mol. The average molecular weight is 301 g/mol. The molecule has 0 aliphatic rings. The molecule has 1 aromatic heterocycles. The topological polar surface area (TPSA) is 95.1 Å². The number of carboxylic acid groups (broad SMARTS) is 1. The van der Waals surface area contributed by atoms with E-state index in [4.69, 9.17) is 5.11 Å². The number of hydrogen-bond acceptors (Lipinski definition) is 3. The third kappa shape index (κ3) is 3.94. The standard InChI is InChI=1S/C16H19N3O3/c1-10(2)13-9-14(19-18-13)15(20)17-7-6-11-4-3-5-12(8-11)16(21)22/h3-5,8-10H,6-7H2,1-2H3,(H,17,20)(H,18,19)(H,21,22). The molecule has 0 atom stereocenters. The molecular formula is C16H19N3O3. The lowest BCUT2D eigenvalue weighted by atomic mass is 10.1. The molecule has 1 heterocycles. The van der Waals surface area contributed by atoms with E-state index in [9.17, 15) is 9.59 Å². The average Bonchev–Trinajstić information content (AvgIpc) is 2.97. The summed E-state index contributed by atoms with van der Waals surface area (Å²) in [7, 11) is 0. The minimum atomic E-state index is -0.955. The third-order valence-corrected chi connectivity index (χ3v) is 3.33. The van der Waals surface area contributed by atoms with Gasteiger partial charge in [-0.1, -0.05) is 26.0 Å². The Kier molecular flexibility index (Phi) is 4.93. The van der Waals surface area contributed by atoms with Crippen molar-refractivity contribution in [2.24, 2.45) is 0 Å². The van der Waals surface area contributed by atoms with Crippen LogP contribution in [0.4, 0.5) is 0 Å². The number of nitrogens with one attached hydrogen (secondary N) is 2. The zero-order chi connectivity index (χ0) is 16.1. The fourth-order valence-electron chi connectivity index (χ4n) is 2.02. The number of carbonyl (C=O) groups is 2. The number of aromatic nitrogens is 2. The Hall–Kier alpha value is -2.63. The summed E-state index contributed by atoms with van der Waals surface area (Å²) in [6.45, 7) is 4.46. The van der Waals surface area contributed by atoms with Crippen LogP contribution in [0.2, 0.25) is 0 Å². The molecule has 116 valence electrons. The van der Waals surface area contributed by atoms with Gasteiger partial charge in [0.1, 0.15) is 5.69 Å². The first-order valence-corrected chi connectivity index (χ1v) is 7.13. The minimum Gasteiger partial charge on any atom is -0.478 e. The molecule has 0 saturated carbocycles. The van der Waals surface area contributed by atoms with Gasteiger partial charge in [0, 0.05) is 12.2 Å². The molecule has 22 heavy (non-hydrogen) atoms. The van der Waals surface area contributed by atoms with Gasteiger partial charge in [0.25, 0.3) is 5.91 Å². The molecule has 0 unspecified atom stereocenters. The van der Waals surface area contributed by atoms with Crippen molar-refractivity contribution in [3.05, 3.63) is 52.8 Å². The SMILES string of the molecule is CC(C)c1cc(C(=O)NCCc2cccc(C(=O)O)c2)n[nH]1. The fourth-order valence-corrected chi connectivity index (χ4v) is 2.02. The highest BCUT2D eigenvalue weighted by Crippen LogP contribution is 2.11. The normalized spacial score (nSPS) is 10.7. The van der Waals surface area contributed by atoms with Crippen LogP contribution in [0.25, 0.3) is 0 Å². The number of aromatic carboxylic acids is 1. The molecule has 1 amide bonds. The predicted molar refractivity (Wildman–Crippen MR) is 82.1 cm³/mol. The van der Waals surface area contributed by atoms with Gasteiger partial charge in [-0.2, -0.15) is 5.10 Å². The van der Waals surface area contributed by atoms with Gasteiger partial charge < -0.3 is 10.4 Å². The van der Waals surface area contributed by atoms with E-state index in [1.54, 1.807) is 24.3 Å². The Balaban J connectivity index is 1.89. The second-order valence-corrected chi connectivity index (χ2v) is 5.37. The first-order chi connectivity index (χ1) is 10.5. The molecule has 3 N–H and O–H groups in total. The molecular weight excluding hydrogens is 282 g/mol. The second kappa shape index (κ2) is 6.89. The highest BCUT2D eigenvalue weighted by molar-refractivity contribution is 5.92. The van der Waals surface area contributed by atoms with Gasteiger partial charge in [-0.15, -0.1) is 0 Å². The first kappa shape index (κ1) is 15.8. The molecule has 0 aliphatic heterocycles. The van der Waals surface area contributed by atoms with E-state index >= 15 is 0 Å². The molecule has 1 aromatic carbocycles. The van der Waals surface area contributed by atoms with Crippen LogP contribution in [-0.4, -0.2) is 33.7 Å². The number of aromatic amines is 1. The van der Waals surface area contributed by atoms with Gasteiger partial charge in [0.2, 0.25) is 0 Å². The molecule has 6 nitrogen and oxygen atoms in total. The lowest BCUT2D eigenvalue weighted by Gasteiger charge is -2.04. The zero-order valence-corrected chi connectivity index (χ0v) is 12.6. The van der Waals surface area contributed by atoms with Gasteiger partial charge in [-0.3, -0.25) is 9.89 Å². The molecule has 0 bridgehead atoms. The lowest BCUT2D eigenvalue weighted by Crippen LogP contribution is -2.26. The number of H-pyrrole nitrogens is 1. The smallest absolute Gasteiger partial charge is 0.335 e. The Bertz CT molecular complexity index is 677. The van der Waals surface area contributed by atoms with Crippen molar-refractivity contribution in [3.8, 4) is 0 Å². The number of nitrogens with zero attached hydrogens (tertiary/aromatic N) is 1. The van der Waals surface area contributed by atoms with E-state index in [-0.39, 0.29) is 17.4 Å². The van der Waals surface area contributed by atoms with Gasteiger partial charge in [-0.05, 0) is 36.1 Å². The van der Waals surface area contributed by atoms with Crippen LogP contribution < -0.4 is 5.32 Å². The van der Waals surface area contributed by atoms with E-state index < -0.39 is 5.97 Å². The summed E-state index contributed by atoms with van der Waals surface area (Å²) in [6.07, 6.45) is 0.564. The maximum absolute atomic E-state index is 12.0. The van der Waals surface area contributed by atoms with Crippen molar-refractivity contribution in [1.82, 2.24) is 15.5 Å². The van der Waals surface area contributed by atoms with E-state index in [2.05, 4.69) is 15.5 Å². The molecule has 0 fully saturated rings. The van der Waals surface area contributed by atoms with E-state index in [1.165, 1.54) is 0 Å². The molecule has 0 saturated heterocycles. The molecule has 0 aliphatic carbocycles. The van der Waals surface area contributed by atoms with Gasteiger partial charge in [0.15, 0.2) is 0 Å². The summed E-state index contributed by atoms with van der Waals surface area (Å²) < 4.78 is 0. The number of benzene rings is 1. The predicted octanol–water partition coefficient (Wildman–Crippen LogP) is 2.20. The maximum Gasteiger partial charge on any atom is 0.335 e. The van der Waals surface area contributed by atoms with Crippen LogP contribution in [0.15, 0.2) is 30.3 Å². The van der Waals surface area contributed by atoms with Crippen LogP contribution in [0.5, 0.6) is 0 Å². The van der Waals surface area contributed by atoms with E-state index in [0.717, 1.165) is 11.3 Å². The molecule has 2 rings (SSSR count). The second-order valence-electron chi connectivity index (χ2n) is 5.37. The van der Waals surface area contributed by atoms with Crippen molar-refractivity contribution >= 4 is 11.9 Å². The highest BCUT2D eigenvalue weighted by atomic mass is 16.4. The largest absolute Gasteiger partial charge is 0.478 e. The summed E-state index contributed by atoms with van der Waals surface area (Å²) in [4.78, 5) is 22.9. The summed E-state index contributed by atoms with van der Waals surface area (Å²) in [6, 6.07) is 8.43. The van der Waals surface area contributed by atoms with Crippen LogP contribution in [0.1, 0.15) is 51.9 Å². The van der Waals surface area contributed by atoms with Gasteiger partial charge in [0.05, 0.1) is 5.56 Å². The number of rotatable bonds is 6. The van der Waals surface area contributed by atoms with Crippen molar-refractivity contribution in [2.75, 3.05) is 6.54 Å². The molecule has 2 aromatic rings. The third-order valence-electron chi connectivity index (χ3n) is 3.33. The van der Waals surface area contributed by atoms with Crippen LogP contribution in [-0.2, 0) is 6.42 Å². The quantitative estimate of drug-likeness (QED) is 0.762. The summed E-state index contributed by atoms with van der Waals surface area (Å²) in [5.41, 5.74) is 2.39. The van der Waals surface area contributed by atoms with E-state index in [0.29, 0.717) is 18.7 Å². The van der Waals surface area contributed by atoms with Crippen molar-refractivity contribution in [1.29, 1.82) is 0 Å². The zero-order valence-electron chi connectivity index (χ0n) is 12.6. The molecule has 0 radical (unpaired) electrons. The number of amides is 1. The number of carbonyl (C=O) groups excluding carboxylic acids is 1. The summed E-state index contributed by atoms with van der Waals surface area (Å²) in [5.74, 6) is -0.908. The Labute approximate surface area is 128 Å². The molecule has 0 spiro atoms. The van der Waals surface area contributed by atoms with Gasteiger partial charge >= 0.3 is 5.97 Å². The Morgan fingerprint density at radius 2 is 2.09 bits per heavy atom. The van der Waals surface area contributed by atoms with Crippen LogP contribution in [0.3, 0.4) is 0 Å². The minimum absolute atomic E-state index is 0.238. The van der Waals surface area contributed by atoms with E-state index in [1.807, 2.05) is 19.9 Å². The van der Waals surface area contributed by atoms with Crippen molar-refractivity contribution in [2.45, 2.75) is 26.2 Å². The maximum atomic E-state index is 12.0. The summed E-state index contributed by atoms with van der Waals surface area (Å²) >= 11 is 0. The number of hydrogen-bond donors (Lipinski definition) is 3. The van der Waals surface area contributed by atoms with Crippen LogP contribution in [0, 0.1) is 0 Å². The Morgan fingerprint density at radius 3 is 2.73 bits per heavy atom. The molecule has 6 heteroatoms. The van der Waals surface area contributed by atoms with Crippen molar-refractivity contribution < 1.29 is 14.7 Å². The van der Waals surface area contributed by atoms with Gasteiger partial charge in [-0.25, -0.2) is 4.79 Å². The lowest BCUT2D eigenvalue weighted by molar-refractivity contribution is 0.0696. The first-order valence-electron chi connectivity index (χ1n) is 7.13. The number of carboxylic acids is 1. The summed E-state index contributed by atoms with van der Waals surface area (Å²) in [5, 5.41) is 18.5.